The fourth-order valence-electron chi connectivity index (χ4n) is 4.66. The molecule has 9 heteroatoms. The number of hydrogen-bond donors (Lipinski definition) is 1. The number of ketones is 1. The Morgan fingerprint density at radius 1 is 1.00 bits per heavy atom. The van der Waals surface area contributed by atoms with Crippen molar-refractivity contribution < 1.29 is 33.3 Å². The van der Waals surface area contributed by atoms with Crippen LogP contribution < -0.4 is 19.1 Å². The monoisotopic (exact) mass is 547 g/mol. The first kappa shape index (κ1) is 26.2. The molecule has 0 fully saturated rings. The first-order chi connectivity index (χ1) is 18.7. The van der Waals surface area contributed by atoms with Crippen LogP contribution in [0, 0.1) is 0 Å². The van der Waals surface area contributed by atoms with Gasteiger partial charge in [0.1, 0.15) is 11.5 Å². The van der Waals surface area contributed by atoms with Gasteiger partial charge in [-0.1, -0.05) is 29.8 Å². The minimum absolute atomic E-state index is 0.0307. The zero-order valence-electron chi connectivity index (χ0n) is 21.7. The van der Waals surface area contributed by atoms with Gasteiger partial charge in [-0.2, -0.15) is 0 Å². The van der Waals surface area contributed by atoms with Gasteiger partial charge in [0.2, 0.25) is 5.78 Å². The molecule has 3 aromatic carbocycles. The van der Waals surface area contributed by atoms with E-state index in [4.69, 9.17) is 30.2 Å². The quantitative estimate of drug-likeness (QED) is 0.246. The Hall–Kier alpha value is -4.43. The molecular formula is C30H26ClNO7. The van der Waals surface area contributed by atoms with Crippen LogP contribution in [0.1, 0.15) is 36.0 Å². The predicted molar refractivity (Wildman–Crippen MR) is 147 cm³/mol. The van der Waals surface area contributed by atoms with E-state index in [9.17, 15) is 14.7 Å². The summed E-state index contributed by atoms with van der Waals surface area (Å²) in [5, 5.41) is 12.0. The van der Waals surface area contributed by atoms with E-state index < -0.39 is 23.5 Å². The Balaban J connectivity index is 1.64. The number of carbonyl (C=O) groups excluding carboxylic acids is 2. The molecule has 1 amide bonds. The van der Waals surface area contributed by atoms with Gasteiger partial charge in [0.25, 0.3) is 5.91 Å². The molecule has 0 radical (unpaired) electrons. The minimum atomic E-state index is -0.955. The number of anilines is 1. The van der Waals surface area contributed by atoms with Gasteiger partial charge in [-0.3, -0.25) is 14.5 Å². The number of aliphatic hydroxyl groups is 1. The van der Waals surface area contributed by atoms with Crippen LogP contribution in [0.15, 0.2) is 82.5 Å². The van der Waals surface area contributed by atoms with E-state index in [2.05, 4.69) is 0 Å². The number of Topliss-reactive ketones (excluding diaryl/α,β-unsaturated/α-hetero) is 1. The van der Waals surface area contributed by atoms with Crippen molar-refractivity contribution in [1.29, 1.82) is 0 Å². The molecule has 5 rings (SSSR count). The molecule has 1 atom stereocenters. The van der Waals surface area contributed by atoms with Crippen LogP contribution >= 0.6 is 11.6 Å². The Labute approximate surface area is 229 Å². The molecule has 4 aromatic rings. The van der Waals surface area contributed by atoms with Crippen molar-refractivity contribution in [2.24, 2.45) is 0 Å². The Kier molecular flexibility index (Phi) is 6.97. The number of rotatable bonds is 8. The Morgan fingerprint density at radius 2 is 1.74 bits per heavy atom. The standard InChI is InChI=1S/C30H26ClNO7/c1-16(2)38-21-10-8-17(9-11-21)26-25(28(34)30(35)32(26)20-6-5-7-22(15-20)36-3)27(33)23-13-18-12-19(31)14-24(37-4)29(18)39-23/h5-16,26,34H,1-4H3. The molecule has 1 aliphatic rings. The molecule has 200 valence electrons. The lowest BCUT2D eigenvalue weighted by Crippen LogP contribution is -2.31. The van der Waals surface area contributed by atoms with Gasteiger partial charge in [-0.05, 0) is 55.8 Å². The first-order valence-corrected chi connectivity index (χ1v) is 12.6. The highest BCUT2D eigenvalue weighted by molar-refractivity contribution is 6.31. The maximum atomic E-state index is 13.9. The number of nitrogens with zero attached hydrogens (tertiary/aromatic N) is 1. The molecule has 39 heavy (non-hydrogen) atoms. The zero-order chi connectivity index (χ0) is 27.8. The van der Waals surface area contributed by atoms with Crippen LogP contribution in [-0.4, -0.2) is 37.1 Å². The summed E-state index contributed by atoms with van der Waals surface area (Å²) >= 11 is 6.19. The van der Waals surface area contributed by atoms with Crippen molar-refractivity contribution in [3.63, 3.8) is 0 Å². The van der Waals surface area contributed by atoms with Crippen LogP contribution in [0.4, 0.5) is 5.69 Å². The molecule has 0 spiro atoms. The summed E-state index contributed by atoms with van der Waals surface area (Å²) in [4.78, 5) is 28.8. The van der Waals surface area contributed by atoms with Gasteiger partial charge in [-0.25, -0.2) is 0 Å². The summed E-state index contributed by atoms with van der Waals surface area (Å²) in [5.41, 5.74) is 1.24. The highest BCUT2D eigenvalue weighted by Crippen LogP contribution is 2.44. The summed E-state index contributed by atoms with van der Waals surface area (Å²) in [6, 6.07) is 17.6. The second kappa shape index (κ2) is 10.4. The van der Waals surface area contributed by atoms with Gasteiger partial charge < -0.3 is 23.7 Å². The topological polar surface area (TPSA) is 98.4 Å². The molecule has 1 N–H and O–H groups in total. The number of furan rings is 1. The largest absolute Gasteiger partial charge is 0.503 e. The van der Waals surface area contributed by atoms with Crippen LogP contribution in [-0.2, 0) is 4.79 Å². The van der Waals surface area contributed by atoms with Crippen molar-refractivity contribution in [2.45, 2.75) is 26.0 Å². The van der Waals surface area contributed by atoms with Crippen LogP contribution in [0.5, 0.6) is 17.2 Å². The summed E-state index contributed by atoms with van der Waals surface area (Å²) < 4.78 is 22.3. The lowest BCUT2D eigenvalue weighted by molar-refractivity contribution is -0.117. The van der Waals surface area contributed by atoms with Crippen molar-refractivity contribution in [2.75, 3.05) is 19.1 Å². The molecular weight excluding hydrogens is 522 g/mol. The molecule has 1 aliphatic heterocycles. The molecule has 0 aliphatic carbocycles. The summed E-state index contributed by atoms with van der Waals surface area (Å²) in [5.74, 6) is -0.608. The number of aliphatic hydroxyl groups excluding tert-OH is 1. The van der Waals surface area contributed by atoms with Crippen molar-refractivity contribution in [3.8, 4) is 17.2 Å². The van der Waals surface area contributed by atoms with E-state index in [1.165, 1.54) is 25.2 Å². The highest BCUT2D eigenvalue weighted by atomic mass is 35.5. The van der Waals surface area contributed by atoms with Gasteiger partial charge >= 0.3 is 0 Å². The Bertz CT molecular complexity index is 1600. The van der Waals surface area contributed by atoms with Crippen molar-refractivity contribution in [1.82, 2.24) is 0 Å². The number of benzene rings is 3. The van der Waals surface area contributed by atoms with Crippen molar-refractivity contribution >= 4 is 39.9 Å². The fraction of sp³-hybridized carbons (Fsp3) is 0.200. The number of carbonyl (C=O) groups is 2. The molecule has 0 saturated heterocycles. The molecule has 8 nitrogen and oxygen atoms in total. The lowest BCUT2D eigenvalue weighted by Gasteiger charge is -2.27. The number of amides is 1. The predicted octanol–water partition coefficient (Wildman–Crippen LogP) is 6.67. The molecule has 0 saturated carbocycles. The first-order valence-electron chi connectivity index (χ1n) is 12.2. The van der Waals surface area contributed by atoms with Gasteiger partial charge in [0, 0.05) is 28.2 Å². The third-order valence-electron chi connectivity index (χ3n) is 6.34. The van der Waals surface area contributed by atoms with E-state index in [0.717, 1.165) is 0 Å². The molecule has 1 unspecified atom stereocenters. The third-order valence-corrected chi connectivity index (χ3v) is 6.56. The molecule has 0 bridgehead atoms. The van der Waals surface area contributed by atoms with E-state index in [-0.39, 0.29) is 17.4 Å². The van der Waals surface area contributed by atoms with E-state index >= 15 is 0 Å². The fourth-order valence-corrected chi connectivity index (χ4v) is 4.88. The zero-order valence-corrected chi connectivity index (χ0v) is 22.5. The normalized spacial score (nSPS) is 15.4. The summed E-state index contributed by atoms with van der Waals surface area (Å²) in [6.45, 7) is 3.84. The van der Waals surface area contributed by atoms with Crippen molar-refractivity contribution in [3.05, 3.63) is 94.4 Å². The minimum Gasteiger partial charge on any atom is -0.503 e. The van der Waals surface area contributed by atoms with Gasteiger partial charge in [0.15, 0.2) is 22.9 Å². The van der Waals surface area contributed by atoms with Crippen LogP contribution in [0.3, 0.4) is 0 Å². The number of halogens is 1. The smallest absolute Gasteiger partial charge is 0.294 e. The van der Waals surface area contributed by atoms with E-state index in [1.807, 2.05) is 13.8 Å². The molecule has 2 heterocycles. The van der Waals surface area contributed by atoms with E-state index in [0.29, 0.717) is 44.5 Å². The van der Waals surface area contributed by atoms with Gasteiger partial charge in [0.05, 0.1) is 31.9 Å². The highest BCUT2D eigenvalue weighted by Gasteiger charge is 2.45. The maximum absolute atomic E-state index is 13.9. The average Bonchev–Trinajstić information content (AvgIpc) is 3.46. The number of ether oxygens (including phenoxy) is 3. The Morgan fingerprint density at radius 3 is 2.41 bits per heavy atom. The SMILES string of the molecule is COc1cccc(N2C(=O)C(O)=C(C(=O)c3cc4cc(Cl)cc(OC)c4o3)C2c2ccc(OC(C)C)cc2)c1. The number of hydrogen-bond acceptors (Lipinski definition) is 7. The number of fused-ring (bicyclic) bond motifs is 1. The van der Waals surface area contributed by atoms with Crippen LogP contribution in [0.2, 0.25) is 5.02 Å². The molecule has 1 aromatic heterocycles. The number of methoxy groups -OCH3 is 2. The lowest BCUT2D eigenvalue weighted by atomic mass is 9.94. The summed E-state index contributed by atoms with van der Waals surface area (Å²) in [7, 11) is 2.98. The van der Waals surface area contributed by atoms with E-state index in [1.54, 1.807) is 60.7 Å². The average molecular weight is 548 g/mol. The maximum Gasteiger partial charge on any atom is 0.294 e. The van der Waals surface area contributed by atoms with Gasteiger partial charge in [-0.15, -0.1) is 0 Å². The van der Waals surface area contributed by atoms with Crippen LogP contribution in [0.25, 0.3) is 11.0 Å². The summed E-state index contributed by atoms with van der Waals surface area (Å²) in [6.07, 6.45) is -0.0307. The third kappa shape index (κ3) is 4.79. The second-order valence-electron chi connectivity index (χ2n) is 9.24. The second-order valence-corrected chi connectivity index (χ2v) is 9.68.